The number of hydrogen-bond acceptors (Lipinski definition) is 3. The molecule has 0 saturated carbocycles. The van der Waals surface area contributed by atoms with Crippen molar-refractivity contribution in [3.8, 4) is 0 Å². The summed E-state index contributed by atoms with van der Waals surface area (Å²) < 4.78 is 0. The van der Waals surface area contributed by atoms with Gasteiger partial charge in [0.2, 0.25) is 5.91 Å². The fraction of sp³-hybridized carbons (Fsp3) is 0.357. The Morgan fingerprint density at radius 3 is 2.70 bits per heavy atom. The topological polar surface area (TPSA) is 96.0 Å². The molecular weight excluding hydrogens is 281 g/mol. The standard InChI is InChI=1S/C14H18N3O2.K/c1-14(13(16)19)5-4-9-6-11(17-12(18)8-15)3-2-10(9)7-14;/h2-3,6H,1,4-5,7-8,15H2,(H3,16,17,18,19);/q-1;+1/p-1. The average Bonchev–Trinajstić information content (AvgIpc) is 2.38. The maximum atomic E-state index is 11.3. The minimum absolute atomic E-state index is 0. The molecule has 0 aromatic heterocycles. The number of nitrogens with two attached hydrogens (primary N) is 1. The number of anilines is 1. The van der Waals surface area contributed by atoms with Crippen LogP contribution in [-0.2, 0) is 22.4 Å². The molecule has 20 heavy (non-hydrogen) atoms. The number of aryl methyl sites for hydroxylation is 1. The van der Waals surface area contributed by atoms with Gasteiger partial charge in [-0.2, -0.15) is 0 Å². The molecule has 0 aliphatic heterocycles. The van der Waals surface area contributed by atoms with Gasteiger partial charge in [-0.25, -0.2) is 0 Å². The Morgan fingerprint density at radius 2 is 2.10 bits per heavy atom. The summed E-state index contributed by atoms with van der Waals surface area (Å²) >= 11 is 0. The maximum absolute atomic E-state index is 11.3. The van der Waals surface area contributed by atoms with Gasteiger partial charge in [-0.05, 0) is 36.1 Å². The molecule has 2 rings (SSSR count). The van der Waals surface area contributed by atoms with Gasteiger partial charge in [0.25, 0.3) is 0 Å². The molecule has 1 aliphatic rings. The molecular formula is C14H17KN3O2-. The Morgan fingerprint density at radius 1 is 1.40 bits per heavy atom. The minimum Gasteiger partial charge on any atom is -0.670 e. The number of rotatable bonds is 3. The van der Waals surface area contributed by atoms with Crippen molar-refractivity contribution < 1.29 is 61.0 Å². The number of carbonyl (C=O) groups is 2. The predicted octanol–water partition coefficient (Wildman–Crippen LogP) is -1.52. The first-order valence-corrected chi connectivity index (χ1v) is 6.18. The van der Waals surface area contributed by atoms with E-state index >= 15 is 0 Å². The van der Waals surface area contributed by atoms with Gasteiger partial charge < -0.3 is 28.5 Å². The molecule has 0 saturated heterocycles. The summed E-state index contributed by atoms with van der Waals surface area (Å²) in [6.07, 6.45) is 1.74. The number of amides is 2. The van der Waals surface area contributed by atoms with Crippen LogP contribution in [0.25, 0.3) is 5.73 Å². The third-order valence-corrected chi connectivity index (χ3v) is 3.56. The Bertz CT molecular complexity index is 533. The van der Waals surface area contributed by atoms with Crippen LogP contribution in [0.1, 0.15) is 17.5 Å². The molecule has 1 aromatic rings. The summed E-state index contributed by atoms with van der Waals surface area (Å²) in [4.78, 5) is 22.5. The van der Waals surface area contributed by atoms with Crippen LogP contribution in [0, 0.1) is 12.3 Å². The summed E-state index contributed by atoms with van der Waals surface area (Å²) in [6, 6.07) is 5.56. The van der Waals surface area contributed by atoms with E-state index in [1.165, 1.54) is 0 Å². The summed E-state index contributed by atoms with van der Waals surface area (Å²) in [5, 5.41) is 2.70. The smallest absolute Gasteiger partial charge is 0.670 e. The van der Waals surface area contributed by atoms with E-state index in [0.717, 1.165) is 11.1 Å². The molecule has 4 N–H and O–H groups in total. The number of benzene rings is 1. The van der Waals surface area contributed by atoms with E-state index in [-0.39, 0.29) is 63.8 Å². The van der Waals surface area contributed by atoms with Crippen LogP contribution in [0.15, 0.2) is 18.2 Å². The Balaban J connectivity index is 0.00000200. The van der Waals surface area contributed by atoms with Crippen LogP contribution in [0.4, 0.5) is 5.69 Å². The molecule has 1 aromatic carbocycles. The van der Waals surface area contributed by atoms with Crippen molar-refractivity contribution in [2.45, 2.75) is 19.3 Å². The molecule has 0 heterocycles. The van der Waals surface area contributed by atoms with Gasteiger partial charge >= 0.3 is 51.4 Å². The average molecular weight is 298 g/mol. The van der Waals surface area contributed by atoms with E-state index in [9.17, 15) is 9.59 Å². The van der Waals surface area contributed by atoms with Crippen molar-refractivity contribution >= 4 is 17.5 Å². The van der Waals surface area contributed by atoms with Gasteiger partial charge in [-0.3, -0.25) is 4.79 Å². The summed E-state index contributed by atoms with van der Waals surface area (Å²) in [7, 11) is 0. The van der Waals surface area contributed by atoms with E-state index < -0.39 is 11.3 Å². The van der Waals surface area contributed by atoms with E-state index in [4.69, 9.17) is 11.5 Å². The Hall–Kier alpha value is -0.244. The van der Waals surface area contributed by atoms with E-state index in [1.54, 1.807) is 6.07 Å². The minimum atomic E-state index is -0.824. The van der Waals surface area contributed by atoms with Crippen molar-refractivity contribution in [1.82, 2.24) is 0 Å². The van der Waals surface area contributed by atoms with E-state index in [1.807, 2.05) is 12.1 Å². The maximum Gasteiger partial charge on any atom is 1.00 e. The Kier molecular flexibility index (Phi) is 6.37. The van der Waals surface area contributed by atoms with Gasteiger partial charge in [-0.1, -0.05) is 12.5 Å². The molecule has 1 atom stereocenters. The zero-order valence-corrected chi connectivity index (χ0v) is 14.8. The normalized spacial score (nSPS) is 20.5. The van der Waals surface area contributed by atoms with Crippen molar-refractivity contribution in [3.05, 3.63) is 42.0 Å². The fourth-order valence-corrected chi connectivity index (χ4v) is 2.34. The third-order valence-electron chi connectivity index (χ3n) is 3.56. The van der Waals surface area contributed by atoms with E-state index in [2.05, 4.69) is 12.2 Å². The number of carbonyl (C=O) groups excluding carboxylic acids is 2. The number of nitrogens with one attached hydrogen (secondary N) is 2. The van der Waals surface area contributed by atoms with Gasteiger partial charge in [0.1, 0.15) is 0 Å². The first-order chi connectivity index (χ1) is 8.94. The summed E-state index contributed by atoms with van der Waals surface area (Å²) in [5.74, 6) is -0.845. The van der Waals surface area contributed by atoms with Gasteiger partial charge in [-0.15, -0.1) is 5.41 Å². The van der Waals surface area contributed by atoms with Crippen LogP contribution in [0.3, 0.4) is 0 Å². The van der Waals surface area contributed by atoms with Crippen LogP contribution in [0.2, 0.25) is 0 Å². The van der Waals surface area contributed by atoms with E-state index in [0.29, 0.717) is 24.9 Å². The molecule has 2 amide bonds. The fourth-order valence-electron chi connectivity index (χ4n) is 2.34. The third kappa shape index (κ3) is 3.90. The largest absolute Gasteiger partial charge is 1.00 e. The van der Waals surface area contributed by atoms with Crippen LogP contribution in [-0.4, -0.2) is 18.4 Å². The quantitative estimate of drug-likeness (QED) is 0.524. The number of fused-ring (bicyclic) bond motifs is 1. The zero-order chi connectivity index (χ0) is 14.0. The zero-order valence-electron chi connectivity index (χ0n) is 11.7. The summed E-state index contributed by atoms with van der Waals surface area (Å²) in [6.45, 7) is 3.84. The van der Waals surface area contributed by atoms with Crippen LogP contribution >= 0.6 is 0 Å². The first kappa shape index (κ1) is 17.8. The van der Waals surface area contributed by atoms with Gasteiger partial charge in [0.15, 0.2) is 0 Å². The molecule has 0 fully saturated rings. The first-order valence-electron chi connectivity index (χ1n) is 6.18. The molecule has 6 heteroatoms. The van der Waals surface area contributed by atoms with Crippen LogP contribution in [0.5, 0.6) is 0 Å². The molecule has 0 bridgehead atoms. The predicted molar refractivity (Wildman–Crippen MR) is 73.3 cm³/mol. The summed E-state index contributed by atoms with van der Waals surface area (Å²) in [5.41, 5.74) is 14.5. The molecule has 1 aliphatic carbocycles. The molecule has 0 spiro atoms. The Labute approximate surface area is 161 Å². The molecule has 5 nitrogen and oxygen atoms in total. The SMILES string of the molecule is [CH2-]C1(C([NH-])=O)CCc2cc(NC(=O)CN)ccc2C1.[K+]. The second kappa shape index (κ2) is 7.15. The van der Waals surface area contributed by atoms with Gasteiger partial charge in [0.05, 0.1) is 6.54 Å². The van der Waals surface area contributed by atoms with Crippen molar-refractivity contribution in [2.24, 2.45) is 11.1 Å². The molecule has 1 unspecified atom stereocenters. The van der Waals surface area contributed by atoms with Gasteiger partial charge in [0, 0.05) is 11.6 Å². The van der Waals surface area contributed by atoms with Crippen molar-refractivity contribution in [2.75, 3.05) is 11.9 Å². The van der Waals surface area contributed by atoms with Crippen molar-refractivity contribution in [1.29, 1.82) is 0 Å². The van der Waals surface area contributed by atoms with Crippen molar-refractivity contribution in [3.63, 3.8) is 0 Å². The molecule has 102 valence electrons. The second-order valence-corrected chi connectivity index (χ2v) is 5.02. The molecule has 0 radical (unpaired) electrons. The van der Waals surface area contributed by atoms with Crippen LogP contribution < -0.4 is 62.4 Å². The second-order valence-electron chi connectivity index (χ2n) is 5.02. The number of hydrogen-bond donors (Lipinski definition) is 2. The monoisotopic (exact) mass is 298 g/mol.